The summed E-state index contributed by atoms with van der Waals surface area (Å²) in [6, 6.07) is 6.91. The standard InChI is InChI=1S/C14H15N5.C9H13N5/c1-9-3-10(2)5-11(4-9)6-15-13-12-14(17-7-16-12)19-8-18-13;1-3-6(2)14-9-7-8(11-4-10-7)12-5-13-9/h3-5,7-8H,6H2,1-2H3,(H2,15,16,17,18,19);4-6H,3H2,1-2H3,(H2,10,11,12,13,14). The summed E-state index contributed by atoms with van der Waals surface area (Å²) < 4.78 is 0. The molecule has 0 spiro atoms. The number of anilines is 2. The highest BCUT2D eigenvalue weighted by molar-refractivity contribution is 5.82. The Morgan fingerprint density at radius 2 is 1.36 bits per heavy atom. The van der Waals surface area contributed by atoms with Crippen molar-refractivity contribution in [1.82, 2.24) is 39.9 Å². The van der Waals surface area contributed by atoms with Crippen molar-refractivity contribution in [3.8, 4) is 0 Å². The zero-order valence-electron chi connectivity index (χ0n) is 19.2. The van der Waals surface area contributed by atoms with E-state index in [0.717, 1.165) is 35.6 Å². The van der Waals surface area contributed by atoms with Gasteiger partial charge in [-0.2, -0.15) is 0 Å². The topological polar surface area (TPSA) is 133 Å². The Labute approximate surface area is 191 Å². The van der Waals surface area contributed by atoms with Crippen LogP contribution >= 0.6 is 0 Å². The Balaban J connectivity index is 0.000000165. The molecule has 0 bridgehead atoms. The van der Waals surface area contributed by atoms with Gasteiger partial charge >= 0.3 is 0 Å². The Morgan fingerprint density at radius 3 is 1.97 bits per heavy atom. The number of nitrogens with zero attached hydrogens (tertiary/aromatic N) is 6. The summed E-state index contributed by atoms with van der Waals surface area (Å²) in [6.45, 7) is 9.18. The molecule has 1 unspecified atom stereocenters. The first kappa shape index (κ1) is 22.1. The van der Waals surface area contributed by atoms with Gasteiger partial charge in [0.05, 0.1) is 12.7 Å². The van der Waals surface area contributed by atoms with Crippen LogP contribution in [-0.4, -0.2) is 45.9 Å². The third-order valence-electron chi connectivity index (χ3n) is 5.18. The van der Waals surface area contributed by atoms with Gasteiger partial charge in [-0.25, -0.2) is 29.9 Å². The third-order valence-corrected chi connectivity index (χ3v) is 5.18. The van der Waals surface area contributed by atoms with Gasteiger partial charge in [0.15, 0.2) is 22.9 Å². The van der Waals surface area contributed by atoms with Crippen LogP contribution in [0, 0.1) is 13.8 Å². The third kappa shape index (κ3) is 5.40. The normalized spacial score (nSPS) is 11.8. The number of hydrogen-bond acceptors (Lipinski definition) is 8. The molecule has 0 saturated carbocycles. The molecule has 170 valence electrons. The van der Waals surface area contributed by atoms with Gasteiger partial charge in [0.25, 0.3) is 0 Å². The van der Waals surface area contributed by atoms with Crippen LogP contribution in [0.3, 0.4) is 0 Å². The van der Waals surface area contributed by atoms with E-state index in [0.29, 0.717) is 17.3 Å². The van der Waals surface area contributed by atoms with Crippen LogP contribution < -0.4 is 10.6 Å². The fraction of sp³-hybridized carbons (Fsp3) is 0.304. The molecule has 4 heterocycles. The average Bonchev–Trinajstić information content (AvgIpc) is 3.47. The van der Waals surface area contributed by atoms with Crippen LogP contribution in [0.2, 0.25) is 0 Å². The first-order valence-corrected chi connectivity index (χ1v) is 10.9. The monoisotopic (exact) mass is 444 g/mol. The lowest BCUT2D eigenvalue weighted by Gasteiger charge is -2.11. The van der Waals surface area contributed by atoms with Gasteiger partial charge in [-0.1, -0.05) is 36.2 Å². The van der Waals surface area contributed by atoms with Crippen molar-refractivity contribution in [2.75, 3.05) is 10.6 Å². The number of aryl methyl sites for hydroxylation is 2. The smallest absolute Gasteiger partial charge is 0.182 e. The highest BCUT2D eigenvalue weighted by Gasteiger charge is 2.07. The Bertz CT molecular complexity index is 1320. The molecular weight excluding hydrogens is 416 g/mol. The summed E-state index contributed by atoms with van der Waals surface area (Å²) in [5.74, 6) is 1.60. The van der Waals surface area contributed by atoms with Crippen LogP contribution in [0.25, 0.3) is 22.3 Å². The Hall–Kier alpha value is -4.08. The SMILES string of the molecule is CCC(C)Nc1ncnc2nc[nH]c12.Cc1cc(C)cc(CNc2ncnc3nc[nH]c23)c1. The second kappa shape index (κ2) is 10.0. The van der Waals surface area contributed by atoms with Crippen LogP contribution in [0.5, 0.6) is 0 Å². The fourth-order valence-corrected chi connectivity index (χ4v) is 3.47. The molecule has 1 aromatic carbocycles. The highest BCUT2D eigenvalue weighted by Crippen LogP contribution is 2.17. The minimum Gasteiger partial charge on any atom is -0.366 e. The van der Waals surface area contributed by atoms with Crippen molar-refractivity contribution in [2.45, 2.75) is 46.7 Å². The summed E-state index contributed by atoms with van der Waals surface area (Å²) >= 11 is 0. The number of hydrogen-bond donors (Lipinski definition) is 4. The van der Waals surface area contributed by atoms with Crippen molar-refractivity contribution < 1.29 is 0 Å². The first-order chi connectivity index (χ1) is 16.0. The lowest BCUT2D eigenvalue weighted by molar-refractivity contribution is 0.760. The first-order valence-electron chi connectivity index (χ1n) is 10.9. The summed E-state index contributed by atoms with van der Waals surface area (Å²) in [7, 11) is 0. The molecular formula is C23H28N10. The predicted octanol–water partition coefficient (Wildman–Crippen LogP) is 4.15. The predicted molar refractivity (Wildman–Crippen MR) is 130 cm³/mol. The fourth-order valence-electron chi connectivity index (χ4n) is 3.47. The van der Waals surface area contributed by atoms with Gasteiger partial charge in [-0.3, -0.25) is 0 Å². The second-order valence-corrected chi connectivity index (χ2v) is 7.95. The second-order valence-electron chi connectivity index (χ2n) is 7.95. The van der Waals surface area contributed by atoms with E-state index in [1.54, 1.807) is 12.7 Å². The molecule has 0 aliphatic heterocycles. The van der Waals surface area contributed by atoms with E-state index in [2.05, 4.69) is 96.4 Å². The van der Waals surface area contributed by atoms with E-state index in [9.17, 15) is 0 Å². The van der Waals surface area contributed by atoms with E-state index >= 15 is 0 Å². The number of H-pyrrole nitrogens is 2. The molecule has 0 aliphatic rings. The Kier molecular flexibility index (Phi) is 6.72. The van der Waals surface area contributed by atoms with Crippen LogP contribution in [0.4, 0.5) is 11.6 Å². The molecule has 0 amide bonds. The lowest BCUT2D eigenvalue weighted by atomic mass is 10.1. The summed E-state index contributed by atoms with van der Waals surface area (Å²) in [5.41, 5.74) is 6.87. The van der Waals surface area contributed by atoms with Crippen LogP contribution in [-0.2, 0) is 6.54 Å². The molecule has 5 rings (SSSR count). The van der Waals surface area contributed by atoms with Gasteiger partial charge < -0.3 is 20.6 Å². The summed E-state index contributed by atoms with van der Waals surface area (Å²) in [4.78, 5) is 30.8. The van der Waals surface area contributed by atoms with Gasteiger partial charge in [-0.15, -0.1) is 0 Å². The maximum absolute atomic E-state index is 4.25. The number of aromatic amines is 2. The van der Waals surface area contributed by atoms with E-state index < -0.39 is 0 Å². The van der Waals surface area contributed by atoms with Gasteiger partial charge in [0.1, 0.15) is 23.7 Å². The minimum absolute atomic E-state index is 0.399. The molecule has 33 heavy (non-hydrogen) atoms. The van der Waals surface area contributed by atoms with Gasteiger partial charge in [0.2, 0.25) is 0 Å². The molecule has 0 saturated heterocycles. The highest BCUT2D eigenvalue weighted by atomic mass is 15.1. The molecule has 0 radical (unpaired) electrons. The van der Waals surface area contributed by atoms with Crippen molar-refractivity contribution in [2.24, 2.45) is 0 Å². The molecule has 5 aromatic rings. The van der Waals surface area contributed by atoms with Crippen molar-refractivity contribution in [3.63, 3.8) is 0 Å². The largest absolute Gasteiger partial charge is 0.366 e. The maximum atomic E-state index is 4.25. The van der Waals surface area contributed by atoms with Gasteiger partial charge in [-0.05, 0) is 32.8 Å². The van der Waals surface area contributed by atoms with Crippen molar-refractivity contribution in [3.05, 3.63) is 60.2 Å². The minimum atomic E-state index is 0.399. The molecule has 0 fully saturated rings. The molecule has 10 heteroatoms. The molecule has 10 nitrogen and oxygen atoms in total. The van der Waals surface area contributed by atoms with Crippen molar-refractivity contribution in [1.29, 1.82) is 0 Å². The quantitative estimate of drug-likeness (QED) is 0.307. The lowest BCUT2D eigenvalue weighted by Crippen LogP contribution is -2.14. The maximum Gasteiger partial charge on any atom is 0.182 e. The molecule has 1 atom stereocenters. The average molecular weight is 445 g/mol. The number of benzene rings is 1. The Morgan fingerprint density at radius 1 is 0.788 bits per heavy atom. The summed E-state index contributed by atoms with van der Waals surface area (Å²) in [5, 5.41) is 6.62. The van der Waals surface area contributed by atoms with E-state index in [1.165, 1.54) is 29.3 Å². The number of rotatable bonds is 6. The number of fused-ring (bicyclic) bond motifs is 2. The van der Waals surface area contributed by atoms with Crippen LogP contribution in [0.15, 0.2) is 43.5 Å². The van der Waals surface area contributed by atoms with Crippen molar-refractivity contribution >= 4 is 34.0 Å². The zero-order chi connectivity index (χ0) is 23.2. The molecule has 4 aromatic heterocycles. The number of imidazole rings is 2. The van der Waals surface area contributed by atoms with E-state index in [-0.39, 0.29) is 0 Å². The van der Waals surface area contributed by atoms with Gasteiger partial charge in [0, 0.05) is 12.6 Å². The van der Waals surface area contributed by atoms with E-state index in [4.69, 9.17) is 0 Å². The zero-order valence-corrected chi connectivity index (χ0v) is 19.2. The molecule has 0 aliphatic carbocycles. The van der Waals surface area contributed by atoms with Crippen LogP contribution in [0.1, 0.15) is 37.0 Å². The number of aromatic nitrogens is 8. The number of nitrogens with one attached hydrogen (secondary N) is 4. The summed E-state index contributed by atoms with van der Waals surface area (Å²) in [6.07, 6.45) is 7.35. The van der Waals surface area contributed by atoms with E-state index in [1.807, 2.05) is 0 Å². The molecule has 4 N–H and O–H groups in total.